The fourth-order valence-corrected chi connectivity index (χ4v) is 2.86. The van der Waals surface area contributed by atoms with Crippen LogP contribution in [-0.2, 0) is 9.53 Å². The van der Waals surface area contributed by atoms with Crippen molar-refractivity contribution in [3.8, 4) is 0 Å². The van der Waals surface area contributed by atoms with E-state index < -0.39 is 0 Å². The summed E-state index contributed by atoms with van der Waals surface area (Å²) in [5, 5.41) is 3.09. The van der Waals surface area contributed by atoms with Crippen molar-refractivity contribution in [1.29, 1.82) is 0 Å². The van der Waals surface area contributed by atoms with Gasteiger partial charge in [0.2, 0.25) is 5.91 Å². The monoisotopic (exact) mass is 290 g/mol. The van der Waals surface area contributed by atoms with Crippen LogP contribution in [0.5, 0.6) is 0 Å². The van der Waals surface area contributed by atoms with Gasteiger partial charge < -0.3 is 10.1 Å². The highest BCUT2D eigenvalue weighted by atomic mass is 16.5. The van der Waals surface area contributed by atoms with E-state index in [1.165, 1.54) is 0 Å². The maximum atomic E-state index is 12.6. The molecule has 1 fully saturated rings. The molecule has 21 heavy (non-hydrogen) atoms. The number of hydrogen-bond acceptors (Lipinski definition) is 3. The van der Waals surface area contributed by atoms with E-state index in [2.05, 4.69) is 24.1 Å². The molecule has 0 aromatic heterocycles. The summed E-state index contributed by atoms with van der Waals surface area (Å²) >= 11 is 0. The number of benzene rings is 1. The number of morpholine rings is 1. The van der Waals surface area contributed by atoms with Crippen LogP contribution < -0.4 is 5.32 Å². The van der Waals surface area contributed by atoms with Crippen molar-refractivity contribution < 1.29 is 9.53 Å². The standard InChI is InChI=1S/C17H26N2O2/c1-11-7-6-8-12(2)16(11)18-17(20)15(5)19-9-14(4)21-10-13(19)3/h6-8,13-15H,9-10H2,1-5H3,(H,18,20). The number of ether oxygens (including phenoxy) is 1. The summed E-state index contributed by atoms with van der Waals surface area (Å²) in [6.07, 6.45) is 0.177. The Bertz CT molecular complexity index is 495. The Morgan fingerprint density at radius 3 is 2.57 bits per heavy atom. The van der Waals surface area contributed by atoms with E-state index >= 15 is 0 Å². The van der Waals surface area contributed by atoms with Crippen LogP contribution in [0.3, 0.4) is 0 Å². The van der Waals surface area contributed by atoms with Gasteiger partial charge in [0, 0.05) is 18.3 Å². The molecule has 4 heteroatoms. The zero-order chi connectivity index (χ0) is 15.6. The summed E-state index contributed by atoms with van der Waals surface area (Å²) in [5.41, 5.74) is 3.13. The highest BCUT2D eigenvalue weighted by Gasteiger charge is 2.31. The third-order valence-corrected chi connectivity index (χ3v) is 4.26. The Morgan fingerprint density at radius 1 is 1.33 bits per heavy atom. The molecule has 0 radical (unpaired) electrons. The molecule has 2 rings (SSSR count). The molecule has 0 bridgehead atoms. The summed E-state index contributed by atoms with van der Waals surface area (Å²) in [6.45, 7) is 11.6. The molecule has 1 aliphatic rings. The van der Waals surface area contributed by atoms with Gasteiger partial charge in [0.05, 0.1) is 18.8 Å². The van der Waals surface area contributed by atoms with Gasteiger partial charge in [0.15, 0.2) is 0 Å². The van der Waals surface area contributed by atoms with Crippen molar-refractivity contribution >= 4 is 11.6 Å². The smallest absolute Gasteiger partial charge is 0.241 e. The summed E-state index contributed by atoms with van der Waals surface area (Å²) in [7, 11) is 0. The summed E-state index contributed by atoms with van der Waals surface area (Å²) < 4.78 is 5.63. The molecule has 0 saturated carbocycles. The molecule has 1 amide bonds. The molecular formula is C17H26N2O2. The van der Waals surface area contributed by atoms with Crippen LogP contribution >= 0.6 is 0 Å². The summed E-state index contributed by atoms with van der Waals surface area (Å²) in [6, 6.07) is 6.15. The van der Waals surface area contributed by atoms with Crippen LogP contribution in [0.25, 0.3) is 0 Å². The number of carbonyl (C=O) groups excluding carboxylic acids is 1. The average Bonchev–Trinajstić information content (AvgIpc) is 2.44. The molecule has 116 valence electrons. The summed E-state index contributed by atoms with van der Waals surface area (Å²) in [4.78, 5) is 14.8. The maximum absolute atomic E-state index is 12.6. The van der Waals surface area contributed by atoms with Crippen LogP contribution in [-0.4, -0.2) is 42.1 Å². The topological polar surface area (TPSA) is 41.6 Å². The first kappa shape index (κ1) is 16.0. The number of anilines is 1. The number of nitrogens with one attached hydrogen (secondary N) is 1. The van der Waals surface area contributed by atoms with Gasteiger partial charge in [-0.3, -0.25) is 9.69 Å². The van der Waals surface area contributed by atoms with E-state index in [4.69, 9.17) is 4.74 Å². The van der Waals surface area contributed by atoms with Crippen molar-refractivity contribution in [2.24, 2.45) is 0 Å². The number of amides is 1. The van der Waals surface area contributed by atoms with Gasteiger partial charge in [-0.1, -0.05) is 18.2 Å². The molecule has 1 saturated heterocycles. The van der Waals surface area contributed by atoms with Gasteiger partial charge >= 0.3 is 0 Å². The molecule has 1 aromatic carbocycles. The predicted molar refractivity (Wildman–Crippen MR) is 85.6 cm³/mol. The van der Waals surface area contributed by atoms with Gasteiger partial charge in [-0.25, -0.2) is 0 Å². The third-order valence-electron chi connectivity index (χ3n) is 4.26. The van der Waals surface area contributed by atoms with Crippen molar-refractivity contribution in [2.45, 2.75) is 52.8 Å². The molecule has 1 N–H and O–H groups in total. The molecule has 1 heterocycles. The van der Waals surface area contributed by atoms with Gasteiger partial charge in [-0.2, -0.15) is 0 Å². The lowest BCUT2D eigenvalue weighted by atomic mass is 10.1. The molecule has 3 atom stereocenters. The number of nitrogens with zero attached hydrogens (tertiary/aromatic N) is 1. The minimum Gasteiger partial charge on any atom is -0.376 e. The Hall–Kier alpha value is -1.39. The lowest BCUT2D eigenvalue weighted by Gasteiger charge is -2.40. The first-order valence-electron chi connectivity index (χ1n) is 7.64. The van der Waals surface area contributed by atoms with Gasteiger partial charge in [0.25, 0.3) is 0 Å². The molecule has 0 spiro atoms. The Kier molecular flexibility index (Phi) is 5.01. The second-order valence-corrected chi connectivity index (χ2v) is 6.12. The lowest BCUT2D eigenvalue weighted by Crippen LogP contribution is -2.54. The fourth-order valence-electron chi connectivity index (χ4n) is 2.86. The van der Waals surface area contributed by atoms with Crippen molar-refractivity contribution in [3.05, 3.63) is 29.3 Å². The van der Waals surface area contributed by atoms with E-state index in [0.29, 0.717) is 6.61 Å². The molecule has 0 aliphatic carbocycles. The van der Waals surface area contributed by atoms with Crippen LogP contribution in [0.4, 0.5) is 5.69 Å². The number of hydrogen-bond donors (Lipinski definition) is 1. The Balaban J connectivity index is 2.09. The van der Waals surface area contributed by atoms with Gasteiger partial charge in [-0.15, -0.1) is 0 Å². The van der Waals surface area contributed by atoms with E-state index in [1.807, 2.05) is 39.0 Å². The molecule has 4 nitrogen and oxygen atoms in total. The second-order valence-electron chi connectivity index (χ2n) is 6.12. The minimum atomic E-state index is -0.162. The first-order valence-corrected chi connectivity index (χ1v) is 7.64. The highest BCUT2D eigenvalue weighted by Crippen LogP contribution is 2.21. The lowest BCUT2D eigenvalue weighted by molar-refractivity contribution is -0.126. The van der Waals surface area contributed by atoms with Gasteiger partial charge in [0.1, 0.15) is 0 Å². The molecular weight excluding hydrogens is 264 g/mol. The predicted octanol–water partition coefficient (Wildman–Crippen LogP) is 2.74. The average molecular weight is 290 g/mol. The van der Waals surface area contributed by atoms with Crippen LogP contribution in [0.15, 0.2) is 18.2 Å². The van der Waals surface area contributed by atoms with Crippen molar-refractivity contribution in [3.63, 3.8) is 0 Å². The van der Waals surface area contributed by atoms with Crippen molar-refractivity contribution in [2.75, 3.05) is 18.5 Å². The second kappa shape index (κ2) is 6.58. The maximum Gasteiger partial charge on any atom is 0.241 e. The third kappa shape index (κ3) is 3.63. The zero-order valence-corrected chi connectivity index (χ0v) is 13.6. The Morgan fingerprint density at radius 2 is 1.95 bits per heavy atom. The fraction of sp³-hybridized carbons (Fsp3) is 0.588. The molecule has 3 unspecified atom stereocenters. The minimum absolute atomic E-state index is 0.0494. The van der Waals surface area contributed by atoms with E-state index in [1.54, 1.807) is 0 Å². The number of aryl methyl sites for hydroxylation is 2. The summed E-state index contributed by atoms with van der Waals surface area (Å²) in [5.74, 6) is 0.0494. The zero-order valence-electron chi connectivity index (χ0n) is 13.6. The number of carbonyl (C=O) groups is 1. The quantitative estimate of drug-likeness (QED) is 0.930. The SMILES string of the molecule is Cc1cccc(C)c1NC(=O)C(C)N1CC(C)OCC1C. The van der Waals surface area contributed by atoms with Crippen LogP contribution in [0, 0.1) is 13.8 Å². The normalized spacial score (nSPS) is 24.6. The first-order chi connectivity index (χ1) is 9.90. The largest absolute Gasteiger partial charge is 0.376 e. The Labute approximate surface area is 127 Å². The number of para-hydroxylation sites is 1. The van der Waals surface area contributed by atoms with E-state index in [-0.39, 0.29) is 24.1 Å². The van der Waals surface area contributed by atoms with Crippen LogP contribution in [0.2, 0.25) is 0 Å². The molecule has 1 aliphatic heterocycles. The van der Waals surface area contributed by atoms with Gasteiger partial charge in [-0.05, 0) is 45.7 Å². The van der Waals surface area contributed by atoms with E-state index in [9.17, 15) is 4.79 Å². The van der Waals surface area contributed by atoms with E-state index in [0.717, 1.165) is 23.4 Å². The van der Waals surface area contributed by atoms with Crippen molar-refractivity contribution in [1.82, 2.24) is 4.90 Å². The number of rotatable bonds is 3. The highest BCUT2D eigenvalue weighted by molar-refractivity contribution is 5.95. The molecule has 1 aromatic rings. The van der Waals surface area contributed by atoms with Crippen LogP contribution in [0.1, 0.15) is 31.9 Å².